The Morgan fingerprint density at radius 1 is 1.22 bits per heavy atom. The molecule has 142 valence electrons. The van der Waals surface area contributed by atoms with Crippen molar-refractivity contribution < 1.29 is 14.1 Å². The standard InChI is InChI=1S/C18H21N5O3S/c1-3-4-5-16-21-22-18(27-16)19-14(24)10-11-15-20-17(23-26-15)12-6-8-13(25-2)9-7-12/h6-9H,3-5,10-11H2,1-2H3,(H,19,22,24). The molecule has 1 aromatic carbocycles. The molecule has 27 heavy (non-hydrogen) atoms. The van der Waals surface area contributed by atoms with Gasteiger partial charge >= 0.3 is 0 Å². The van der Waals surface area contributed by atoms with E-state index in [1.807, 2.05) is 24.3 Å². The molecule has 8 nitrogen and oxygen atoms in total. The maximum atomic E-state index is 12.1. The fourth-order valence-electron chi connectivity index (χ4n) is 2.35. The van der Waals surface area contributed by atoms with Gasteiger partial charge in [0.05, 0.1) is 7.11 Å². The van der Waals surface area contributed by atoms with Crippen molar-refractivity contribution in [2.24, 2.45) is 0 Å². The van der Waals surface area contributed by atoms with Gasteiger partial charge in [-0.3, -0.25) is 4.79 Å². The molecule has 3 rings (SSSR count). The molecule has 0 radical (unpaired) electrons. The van der Waals surface area contributed by atoms with Crippen LogP contribution >= 0.6 is 11.3 Å². The minimum Gasteiger partial charge on any atom is -0.497 e. The fourth-order valence-corrected chi connectivity index (χ4v) is 3.15. The van der Waals surface area contributed by atoms with Gasteiger partial charge in [-0.2, -0.15) is 4.98 Å². The SMILES string of the molecule is CCCCc1nnc(NC(=O)CCc2nc(-c3ccc(OC)cc3)no2)s1. The molecule has 0 saturated carbocycles. The number of rotatable bonds is 9. The molecule has 0 bridgehead atoms. The molecule has 0 aliphatic heterocycles. The molecular weight excluding hydrogens is 366 g/mol. The summed E-state index contributed by atoms with van der Waals surface area (Å²) in [6.45, 7) is 2.13. The topological polar surface area (TPSA) is 103 Å². The Morgan fingerprint density at radius 3 is 2.78 bits per heavy atom. The number of amides is 1. The van der Waals surface area contributed by atoms with Crippen molar-refractivity contribution >= 4 is 22.4 Å². The Morgan fingerprint density at radius 2 is 2.04 bits per heavy atom. The quantitative estimate of drug-likeness (QED) is 0.599. The highest BCUT2D eigenvalue weighted by Gasteiger charge is 2.12. The predicted octanol–water partition coefficient (Wildman–Crippen LogP) is 3.51. The second-order valence-corrected chi connectivity index (χ2v) is 6.95. The van der Waals surface area contributed by atoms with Crippen LogP contribution in [0.4, 0.5) is 5.13 Å². The Balaban J connectivity index is 1.50. The molecule has 3 aromatic rings. The Bertz CT molecular complexity index is 875. The van der Waals surface area contributed by atoms with Crippen molar-refractivity contribution in [2.45, 2.75) is 39.0 Å². The van der Waals surface area contributed by atoms with Gasteiger partial charge in [0.15, 0.2) is 0 Å². The van der Waals surface area contributed by atoms with Gasteiger partial charge < -0.3 is 14.6 Å². The van der Waals surface area contributed by atoms with Crippen LogP contribution in [0.1, 0.15) is 37.1 Å². The molecule has 0 spiro atoms. The zero-order valence-corrected chi connectivity index (χ0v) is 16.1. The highest BCUT2D eigenvalue weighted by Crippen LogP contribution is 2.20. The maximum absolute atomic E-state index is 12.1. The Hall–Kier alpha value is -2.81. The third kappa shape index (κ3) is 5.33. The number of benzene rings is 1. The van der Waals surface area contributed by atoms with E-state index in [1.165, 1.54) is 11.3 Å². The lowest BCUT2D eigenvalue weighted by molar-refractivity contribution is -0.116. The number of carbonyl (C=O) groups is 1. The smallest absolute Gasteiger partial charge is 0.227 e. The minimum atomic E-state index is -0.155. The van der Waals surface area contributed by atoms with Crippen LogP contribution in [0.15, 0.2) is 28.8 Å². The van der Waals surface area contributed by atoms with Gasteiger partial charge in [-0.1, -0.05) is 29.8 Å². The fraction of sp³-hybridized carbons (Fsp3) is 0.389. The molecule has 0 aliphatic rings. The van der Waals surface area contributed by atoms with E-state index in [2.05, 4.69) is 32.6 Å². The zero-order chi connectivity index (χ0) is 19.1. The van der Waals surface area contributed by atoms with Crippen LogP contribution < -0.4 is 10.1 Å². The molecule has 2 aromatic heterocycles. The Labute approximate surface area is 161 Å². The van der Waals surface area contributed by atoms with Gasteiger partial charge in [0.1, 0.15) is 10.8 Å². The van der Waals surface area contributed by atoms with Crippen LogP contribution in [0.2, 0.25) is 0 Å². The number of anilines is 1. The second-order valence-electron chi connectivity index (χ2n) is 5.89. The average Bonchev–Trinajstić information content (AvgIpc) is 3.34. The van der Waals surface area contributed by atoms with E-state index in [1.54, 1.807) is 7.11 Å². The van der Waals surface area contributed by atoms with E-state index in [0.717, 1.165) is 35.6 Å². The number of carbonyl (C=O) groups excluding carboxylic acids is 1. The summed E-state index contributed by atoms with van der Waals surface area (Å²) in [5.41, 5.74) is 0.823. The van der Waals surface area contributed by atoms with Gasteiger partial charge in [0.2, 0.25) is 22.8 Å². The van der Waals surface area contributed by atoms with Crippen LogP contribution in [0, 0.1) is 0 Å². The number of methoxy groups -OCH3 is 1. The highest BCUT2D eigenvalue weighted by atomic mass is 32.1. The third-order valence-electron chi connectivity index (χ3n) is 3.84. The van der Waals surface area contributed by atoms with Crippen molar-refractivity contribution in [2.75, 3.05) is 12.4 Å². The van der Waals surface area contributed by atoms with Crippen molar-refractivity contribution in [3.8, 4) is 17.1 Å². The second kappa shape index (κ2) is 9.22. The lowest BCUT2D eigenvalue weighted by Gasteiger charge is -1.99. The molecule has 1 amide bonds. The number of hydrogen-bond acceptors (Lipinski definition) is 8. The molecule has 2 heterocycles. The average molecular weight is 387 g/mol. The van der Waals surface area contributed by atoms with E-state index < -0.39 is 0 Å². The number of unbranched alkanes of at least 4 members (excludes halogenated alkanes) is 1. The highest BCUT2D eigenvalue weighted by molar-refractivity contribution is 7.15. The number of hydrogen-bond donors (Lipinski definition) is 1. The molecule has 0 fully saturated rings. The van der Waals surface area contributed by atoms with Crippen LogP contribution in [0.5, 0.6) is 5.75 Å². The lowest BCUT2D eigenvalue weighted by atomic mass is 10.2. The zero-order valence-electron chi connectivity index (χ0n) is 15.3. The summed E-state index contributed by atoms with van der Waals surface area (Å²) in [5, 5.41) is 16.3. The number of aromatic nitrogens is 4. The van der Waals surface area contributed by atoms with Crippen LogP contribution in [0.3, 0.4) is 0 Å². The van der Waals surface area contributed by atoms with Crippen LogP contribution in [-0.2, 0) is 17.6 Å². The summed E-state index contributed by atoms with van der Waals surface area (Å²) in [6.07, 6.45) is 3.64. The van der Waals surface area contributed by atoms with E-state index in [0.29, 0.717) is 23.3 Å². The summed E-state index contributed by atoms with van der Waals surface area (Å²) in [5.74, 6) is 1.50. The van der Waals surface area contributed by atoms with Crippen LogP contribution in [0.25, 0.3) is 11.4 Å². The molecule has 0 saturated heterocycles. The summed E-state index contributed by atoms with van der Waals surface area (Å²) in [6, 6.07) is 7.36. The molecule has 0 aliphatic carbocycles. The first-order chi connectivity index (χ1) is 13.2. The van der Waals surface area contributed by atoms with E-state index in [-0.39, 0.29) is 12.3 Å². The van der Waals surface area contributed by atoms with Gasteiger partial charge in [0, 0.05) is 24.8 Å². The number of nitrogens with zero attached hydrogens (tertiary/aromatic N) is 4. The number of aryl methyl sites for hydroxylation is 2. The summed E-state index contributed by atoms with van der Waals surface area (Å²) >= 11 is 1.41. The molecule has 1 N–H and O–H groups in total. The first-order valence-corrected chi connectivity index (χ1v) is 9.59. The van der Waals surface area contributed by atoms with Gasteiger partial charge in [-0.25, -0.2) is 0 Å². The van der Waals surface area contributed by atoms with Crippen molar-refractivity contribution in [1.29, 1.82) is 0 Å². The maximum Gasteiger partial charge on any atom is 0.227 e. The summed E-state index contributed by atoms with van der Waals surface area (Å²) in [7, 11) is 1.61. The van der Waals surface area contributed by atoms with Crippen LogP contribution in [-0.4, -0.2) is 33.4 Å². The minimum absolute atomic E-state index is 0.155. The molecular formula is C18H21N5O3S. The monoisotopic (exact) mass is 387 g/mol. The lowest BCUT2D eigenvalue weighted by Crippen LogP contribution is -2.12. The predicted molar refractivity (Wildman–Crippen MR) is 102 cm³/mol. The van der Waals surface area contributed by atoms with Gasteiger partial charge in [-0.15, -0.1) is 10.2 Å². The third-order valence-corrected chi connectivity index (χ3v) is 4.74. The first kappa shape index (κ1) is 19.0. The first-order valence-electron chi connectivity index (χ1n) is 8.77. The number of ether oxygens (including phenoxy) is 1. The van der Waals surface area contributed by atoms with E-state index in [9.17, 15) is 4.79 Å². The summed E-state index contributed by atoms with van der Waals surface area (Å²) in [4.78, 5) is 16.4. The largest absolute Gasteiger partial charge is 0.497 e. The van der Waals surface area contributed by atoms with Crippen molar-refractivity contribution in [3.05, 3.63) is 35.2 Å². The van der Waals surface area contributed by atoms with E-state index >= 15 is 0 Å². The molecule has 9 heteroatoms. The molecule has 0 atom stereocenters. The van der Waals surface area contributed by atoms with Crippen molar-refractivity contribution in [1.82, 2.24) is 20.3 Å². The van der Waals surface area contributed by atoms with Crippen molar-refractivity contribution in [3.63, 3.8) is 0 Å². The normalized spacial score (nSPS) is 10.7. The van der Waals surface area contributed by atoms with Gasteiger partial charge in [-0.05, 0) is 30.7 Å². The van der Waals surface area contributed by atoms with Gasteiger partial charge in [0.25, 0.3) is 0 Å². The molecule has 0 unspecified atom stereocenters. The Kier molecular flexibility index (Phi) is 6.48. The summed E-state index contributed by atoms with van der Waals surface area (Å²) < 4.78 is 10.4. The van der Waals surface area contributed by atoms with E-state index in [4.69, 9.17) is 9.26 Å². The number of nitrogens with one attached hydrogen (secondary N) is 1.